The highest BCUT2D eigenvalue weighted by molar-refractivity contribution is 6.05. The molecule has 2 aliphatic carbocycles. The minimum absolute atomic E-state index is 0.121. The van der Waals surface area contributed by atoms with E-state index in [0.717, 1.165) is 30.4 Å². The summed E-state index contributed by atoms with van der Waals surface area (Å²) >= 11 is 0. The Morgan fingerprint density at radius 2 is 1.70 bits per heavy atom. The Morgan fingerprint density at radius 1 is 0.970 bits per heavy atom. The van der Waals surface area contributed by atoms with Crippen molar-refractivity contribution in [1.82, 2.24) is 15.5 Å². The molecular weight excluding hydrogens is 421 g/mol. The van der Waals surface area contributed by atoms with E-state index in [1.54, 1.807) is 11.0 Å². The van der Waals surface area contributed by atoms with Crippen molar-refractivity contribution in [1.29, 1.82) is 0 Å². The first-order valence-corrected chi connectivity index (χ1v) is 12.6. The molecule has 4 aliphatic rings. The predicted octanol–water partition coefficient (Wildman–Crippen LogP) is 3.95. The maximum absolute atomic E-state index is 13.5. The molecule has 2 N–H and O–H groups in total. The highest BCUT2D eigenvalue weighted by Gasteiger charge is 2.38. The van der Waals surface area contributed by atoms with E-state index in [4.69, 9.17) is 0 Å². The van der Waals surface area contributed by atoms with E-state index in [2.05, 4.69) is 10.6 Å². The summed E-state index contributed by atoms with van der Waals surface area (Å²) in [4.78, 5) is 36.8. The van der Waals surface area contributed by atoms with Gasteiger partial charge >= 0.3 is 0 Å². The standard InChI is InChI=1S/C14H14N2O3.C12H22FN/c1-8-2-3-10-9(6-8)7-16(14(10)19)11-4-5-12(17)15-13(11)18;13-11-8-4-5-9-12(11)14-10-6-2-1-3-7-10/h2-3,6,11H,4-5,7H2,1H3,(H,15,17,18);10-12,14H,1-9H2. The fourth-order valence-electron chi connectivity index (χ4n) is 5.55. The molecule has 0 aromatic heterocycles. The summed E-state index contributed by atoms with van der Waals surface area (Å²) in [5.74, 6) is -0.750. The second kappa shape index (κ2) is 10.8. The number of nitrogens with zero attached hydrogens (tertiary/aromatic N) is 1. The number of halogens is 1. The Morgan fingerprint density at radius 3 is 2.42 bits per heavy atom. The van der Waals surface area contributed by atoms with Gasteiger partial charge in [0.05, 0.1) is 0 Å². The number of carbonyl (C=O) groups is 3. The van der Waals surface area contributed by atoms with Crippen molar-refractivity contribution in [2.75, 3.05) is 0 Å². The van der Waals surface area contributed by atoms with E-state index < -0.39 is 12.2 Å². The van der Waals surface area contributed by atoms with Crippen LogP contribution in [0.4, 0.5) is 4.39 Å². The second-order valence-electron chi connectivity index (χ2n) is 9.97. The molecule has 0 spiro atoms. The van der Waals surface area contributed by atoms with Crippen LogP contribution in [0.1, 0.15) is 92.1 Å². The van der Waals surface area contributed by atoms with Crippen molar-refractivity contribution in [3.8, 4) is 0 Å². The molecule has 1 aromatic rings. The molecule has 7 heteroatoms. The number of hydrogen-bond donors (Lipinski definition) is 2. The molecule has 2 heterocycles. The van der Waals surface area contributed by atoms with E-state index in [1.165, 1.54) is 38.5 Å². The molecule has 1 aromatic carbocycles. The van der Waals surface area contributed by atoms with Crippen LogP contribution in [0.25, 0.3) is 0 Å². The lowest BCUT2D eigenvalue weighted by molar-refractivity contribution is -0.136. The Hall–Kier alpha value is -2.28. The van der Waals surface area contributed by atoms with Crippen LogP contribution in [-0.2, 0) is 16.1 Å². The van der Waals surface area contributed by atoms with Gasteiger partial charge in [-0.1, -0.05) is 49.8 Å². The van der Waals surface area contributed by atoms with Crippen LogP contribution >= 0.6 is 0 Å². The highest BCUT2D eigenvalue weighted by Crippen LogP contribution is 2.28. The summed E-state index contributed by atoms with van der Waals surface area (Å²) < 4.78 is 13.5. The van der Waals surface area contributed by atoms with Gasteiger partial charge in [-0.25, -0.2) is 4.39 Å². The monoisotopic (exact) mass is 457 g/mol. The maximum Gasteiger partial charge on any atom is 0.255 e. The average molecular weight is 458 g/mol. The molecule has 3 amide bonds. The van der Waals surface area contributed by atoms with Crippen LogP contribution in [0, 0.1) is 6.92 Å². The van der Waals surface area contributed by atoms with Gasteiger partial charge in [-0.3, -0.25) is 19.7 Å². The second-order valence-corrected chi connectivity index (χ2v) is 9.97. The van der Waals surface area contributed by atoms with Crippen LogP contribution in [0.5, 0.6) is 0 Å². The first-order valence-electron chi connectivity index (χ1n) is 12.6. The number of hydrogen-bond acceptors (Lipinski definition) is 4. The number of nitrogens with one attached hydrogen (secondary N) is 2. The lowest BCUT2D eigenvalue weighted by Crippen LogP contribution is -2.52. The third kappa shape index (κ3) is 5.81. The third-order valence-electron chi connectivity index (χ3n) is 7.42. The molecule has 180 valence electrons. The molecule has 2 saturated carbocycles. The fraction of sp³-hybridized carbons (Fsp3) is 0.654. The average Bonchev–Trinajstić information content (AvgIpc) is 3.12. The van der Waals surface area contributed by atoms with E-state index >= 15 is 0 Å². The Kier molecular flexibility index (Phi) is 7.78. The zero-order valence-electron chi connectivity index (χ0n) is 19.6. The van der Waals surface area contributed by atoms with Gasteiger partial charge in [-0.15, -0.1) is 0 Å². The molecule has 3 atom stereocenters. The number of rotatable bonds is 3. The highest BCUT2D eigenvalue weighted by atomic mass is 19.1. The predicted molar refractivity (Wildman–Crippen MR) is 124 cm³/mol. The zero-order valence-corrected chi connectivity index (χ0v) is 19.6. The first kappa shape index (κ1) is 23.9. The molecule has 33 heavy (non-hydrogen) atoms. The smallest absolute Gasteiger partial charge is 0.255 e. The van der Waals surface area contributed by atoms with Gasteiger partial charge in [0.25, 0.3) is 5.91 Å². The number of aryl methyl sites for hydroxylation is 1. The number of piperidine rings is 1. The number of benzene rings is 1. The number of carbonyl (C=O) groups excluding carboxylic acids is 3. The summed E-state index contributed by atoms with van der Waals surface area (Å²) in [6.07, 6.45) is 10.8. The van der Waals surface area contributed by atoms with Crippen LogP contribution in [0.15, 0.2) is 18.2 Å². The molecule has 0 bridgehead atoms. The molecule has 3 unspecified atom stereocenters. The molecule has 6 nitrogen and oxygen atoms in total. The van der Waals surface area contributed by atoms with Crippen LogP contribution in [0.2, 0.25) is 0 Å². The van der Waals surface area contributed by atoms with E-state index in [0.29, 0.717) is 24.6 Å². The minimum atomic E-state index is -0.578. The Bertz CT molecular complexity index is 884. The van der Waals surface area contributed by atoms with Crippen molar-refractivity contribution < 1.29 is 18.8 Å². The number of amides is 3. The SMILES string of the molecule is Cc1ccc2c(c1)CN(C1CCC(=O)NC1=O)C2=O.FC1CCCCC1NC1CCCCC1. The Balaban J connectivity index is 0.000000165. The van der Waals surface area contributed by atoms with E-state index in [1.807, 2.05) is 19.1 Å². The summed E-state index contributed by atoms with van der Waals surface area (Å²) in [6.45, 7) is 2.42. The van der Waals surface area contributed by atoms with E-state index in [-0.39, 0.29) is 30.2 Å². The quantitative estimate of drug-likeness (QED) is 0.674. The number of alkyl halides is 1. The lowest BCUT2D eigenvalue weighted by atomic mass is 9.90. The summed E-state index contributed by atoms with van der Waals surface area (Å²) in [6, 6.07) is 5.93. The molecule has 2 aliphatic heterocycles. The maximum atomic E-state index is 13.5. The molecule has 3 fully saturated rings. The largest absolute Gasteiger partial charge is 0.322 e. The Labute approximate surface area is 195 Å². The van der Waals surface area contributed by atoms with Crippen LogP contribution in [0.3, 0.4) is 0 Å². The summed E-state index contributed by atoms with van der Waals surface area (Å²) in [5.41, 5.74) is 2.71. The van der Waals surface area contributed by atoms with Gasteiger partial charge in [-0.05, 0) is 50.7 Å². The minimum Gasteiger partial charge on any atom is -0.322 e. The van der Waals surface area contributed by atoms with Crippen molar-refractivity contribution in [3.63, 3.8) is 0 Å². The normalized spacial score (nSPS) is 28.1. The van der Waals surface area contributed by atoms with Gasteiger partial charge in [0, 0.05) is 30.6 Å². The van der Waals surface area contributed by atoms with Crippen molar-refractivity contribution in [3.05, 3.63) is 34.9 Å². The number of imide groups is 1. The van der Waals surface area contributed by atoms with Crippen LogP contribution in [-0.4, -0.2) is 46.9 Å². The topological polar surface area (TPSA) is 78.5 Å². The summed E-state index contributed by atoms with van der Waals surface area (Å²) in [5, 5.41) is 5.83. The van der Waals surface area contributed by atoms with Gasteiger partial charge < -0.3 is 10.2 Å². The van der Waals surface area contributed by atoms with E-state index in [9.17, 15) is 18.8 Å². The molecular formula is C26H36FN3O3. The van der Waals surface area contributed by atoms with Crippen molar-refractivity contribution >= 4 is 17.7 Å². The van der Waals surface area contributed by atoms with Gasteiger partial charge in [0.2, 0.25) is 11.8 Å². The summed E-state index contributed by atoms with van der Waals surface area (Å²) in [7, 11) is 0. The van der Waals surface area contributed by atoms with Crippen LogP contribution < -0.4 is 10.6 Å². The fourth-order valence-corrected chi connectivity index (χ4v) is 5.55. The number of fused-ring (bicyclic) bond motifs is 1. The molecule has 5 rings (SSSR count). The van der Waals surface area contributed by atoms with Crippen molar-refractivity contribution in [2.45, 2.75) is 108 Å². The third-order valence-corrected chi connectivity index (χ3v) is 7.42. The van der Waals surface area contributed by atoms with Gasteiger partial charge in [0.15, 0.2) is 0 Å². The molecule has 1 saturated heterocycles. The van der Waals surface area contributed by atoms with Gasteiger partial charge in [-0.2, -0.15) is 0 Å². The van der Waals surface area contributed by atoms with Crippen molar-refractivity contribution in [2.24, 2.45) is 0 Å². The van der Waals surface area contributed by atoms with Gasteiger partial charge in [0.1, 0.15) is 12.2 Å². The molecule has 0 radical (unpaired) electrons. The zero-order chi connectivity index (χ0) is 23.4. The first-order chi connectivity index (χ1) is 15.9. The lowest BCUT2D eigenvalue weighted by Gasteiger charge is -2.32.